The van der Waals surface area contributed by atoms with Gasteiger partial charge in [0.2, 0.25) is 5.91 Å². The lowest BCUT2D eigenvalue weighted by molar-refractivity contribution is -0.274. The number of Topliss-reactive ketones (excluding diaryl/α,β-unsaturated/α-hetero) is 1. The Bertz CT molecular complexity index is 875. The van der Waals surface area contributed by atoms with Crippen molar-refractivity contribution in [3.63, 3.8) is 0 Å². The second-order valence-corrected chi connectivity index (χ2v) is 6.99. The summed E-state index contributed by atoms with van der Waals surface area (Å²) in [6.45, 7) is 4.61. The number of nitrogens with zero attached hydrogens (tertiary/aromatic N) is 2. The van der Waals surface area contributed by atoms with E-state index in [1.165, 1.54) is 19.1 Å². The van der Waals surface area contributed by atoms with Crippen LogP contribution in [0.3, 0.4) is 0 Å². The van der Waals surface area contributed by atoms with E-state index in [2.05, 4.69) is 15.0 Å². The SMILES string of the molecule is CC(=O)c1ccc(N2CCN(CC(=O)Nc3ccc(OC(F)(F)F)cc3)CC2)cc1. The Morgan fingerprint density at radius 3 is 2.10 bits per heavy atom. The van der Waals surface area contributed by atoms with Crippen molar-refractivity contribution < 1.29 is 27.5 Å². The summed E-state index contributed by atoms with van der Waals surface area (Å²) in [6, 6.07) is 12.5. The monoisotopic (exact) mass is 421 g/mol. The molecule has 1 N–H and O–H groups in total. The summed E-state index contributed by atoms with van der Waals surface area (Å²) in [7, 11) is 0. The van der Waals surface area contributed by atoms with Gasteiger partial charge in [-0.2, -0.15) is 0 Å². The fourth-order valence-electron chi connectivity index (χ4n) is 3.21. The topological polar surface area (TPSA) is 61.9 Å². The molecule has 3 rings (SSSR count). The van der Waals surface area contributed by atoms with Crippen molar-refractivity contribution in [2.45, 2.75) is 13.3 Å². The number of anilines is 2. The lowest BCUT2D eigenvalue weighted by atomic mass is 10.1. The molecule has 0 bridgehead atoms. The summed E-state index contributed by atoms with van der Waals surface area (Å²) in [5, 5.41) is 2.68. The highest BCUT2D eigenvalue weighted by atomic mass is 19.4. The molecule has 0 saturated carbocycles. The molecular weight excluding hydrogens is 399 g/mol. The van der Waals surface area contributed by atoms with Crippen molar-refractivity contribution in [1.82, 2.24) is 4.90 Å². The molecule has 9 heteroatoms. The van der Waals surface area contributed by atoms with Crippen LogP contribution in [0, 0.1) is 0 Å². The molecule has 2 aromatic rings. The standard InChI is InChI=1S/C21H22F3N3O3/c1-15(28)16-2-6-18(7-3-16)27-12-10-26(11-13-27)14-20(29)25-17-4-8-19(9-5-17)30-21(22,23)24/h2-9H,10-14H2,1H3,(H,25,29). The number of benzene rings is 2. The average molecular weight is 421 g/mol. The zero-order chi connectivity index (χ0) is 21.7. The summed E-state index contributed by atoms with van der Waals surface area (Å²) in [6.07, 6.45) is -4.75. The van der Waals surface area contributed by atoms with Crippen molar-refractivity contribution in [3.8, 4) is 5.75 Å². The Morgan fingerprint density at radius 2 is 1.57 bits per heavy atom. The third kappa shape index (κ3) is 6.21. The third-order valence-corrected chi connectivity index (χ3v) is 4.75. The first-order valence-electron chi connectivity index (χ1n) is 9.43. The summed E-state index contributed by atoms with van der Waals surface area (Å²) in [5.74, 6) is -0.549. The van der Waals surface area contributed by atoms with Crippen molar-refractivity contribution >= 4 is 23.1 Å². The fraction of sp³-hybridized carbons (Fsp3) is 0.333. The predicted molar refractivity (Wildman–Crippen MR) is 107 cm³/mol. The van der Waals surface area contributed by atoms with E-state index in [1.54, 1.807) is 0 Å². The molecule has 2 aromatic carbocycles. The van der Waals surface area contributed by atoms with E-state index >= 15 is 0 Å². The predicted octanol–water partition coefficient (Wildman–Crippen LogP) is 3.55. The van der Waals surface area contributed by atoms with E-state index in [0.29, 0.717) is 24.3 Å². The van der Waals surface area contributed by atoms with Crippen LogP contribution >= 0.6 is 0 Å². The first-order chi connectivity index (χ1) is 14.2. The van der Waals surface area contributed by atoms with Crippen LogP contribution in [0.2, 0.25) is 0 Å². The number of rotatable bonds is 6. The first-order valence-corrected chi connectivity index (χ1v) is 9.43. The Kier molecular flexibility index (Phi) is 6.61. The molecule has 1 aliphatic rings. The number of hydrogen-bond acceptors (Lipinski definition) is 5. The molecule has 0 aliphatic carbocycles. The van der Waals surface area contributed by atoms with E-state index in [-0.39, 0.29) is 24.0 Å². The highest BCUT2D eigenvalue weighted by Crippen LogP contribution is 2.24. The van der Waals surface area contributed by atoms with E-state index in [9.17, 15) is 22.8 Å². The molecule has 0 spiro atoms. The van der Waals surface area contributed by atoms with Crippen molar-refractivity contribution in [2.75, 3.05) is 42.9 Å². The summed E-state index contributed by atoms with van der Waals surface area (Å²) >= 11 is 0. The lowest BCUT2D eigenvalue weighted by Gasteiger charge is -2.35. The summed E-state index contributed by atoms with van der Waals surface area (Å²) in [4.78, 5) is 27.8. The number of piperazine rings is 1. The smallest absolute Gasteiger partial charge is 0.406 e. The molecule has 0 atom stereocenters. The number of alkyl halides is 3. The highest BCUT2D eigenvalue weighted by Gasteiger charge is 2.31. The number of carbonyl (C=O) groups excluding carboxylic acids is 2. The van der Waals surface area contributed by atoms with Crippen molar-refractivity contribution in [1.29, 1.82) is 0 Å². The van der Waals surface area contributed by atoms with Gasteiger partial charge >= 0.3 is 6.36 Å². The Morgan fingerprint density at radius 1 is 0.967 bits per heavy atom. The van der Waals surface area contributed by atoms with Gasteiger partial charge in [0, 0.05) is 43.1 Å². The molecule has 0 unspecified atom stereocenters. The van der Waals surface area contributed by atoms with E-state index in [4.69, 9.17) is 0 Å². The molecular formula is C21H22F3N3O3. The van der Waals surface area contributed by atoms with Crippen LogP contribution in [0.4, 0.5) is 24.5 Å². The van der Waals surface area contributed by atoms with Crippen LogP contribution in [0.15, 0.2) is 48.5 Å². The minimum absolute atomic E-state index is 0.0277. The molecule has 1 saturated heterocycles. The second kappa shape index (κ2) is 9.17. The van der Waals surface area contributed by atoms with Crippen molar-refractivity contribution in [3.05, 3.63) is 54.1 Å². The van der Waals surface area contributed by atoms with Gasteiger partial charge < -0.3 is 15.0 Å². The largest absolute Gasteiger partial charge is 0.573 e. The molecule has 0 aromatic heterocycles. The molecule has 1 fully saturated rings. The van der Waals surface area contributed by atoms with Gasteiger partial charge in [-0.05, 0) is 55.5 Å². The number of halogens is 3. The van der Waals surface area contributed by atoms with Gasteiger partial charge in [-0.15, -0.1) is 13.2 Å². The first kappa shape index (κ1) is 21.6. The molecule has 6 nitrogen and oxygen atoms in total. The maximum absolute atomic E-state index is 12.2. The minimum atomic E-state index is -4.75. The number of ketones is 1. The van der Waals surface area contributed by atoms with Gasteiger partial charge in [0.25, 0.3) is 0 Å². The molecule has 160 valence electrons. The molecule has 0 radical (unpaired) electrons. The molecule has 1 heterocycles. The van der Waals surface area contributed by atoms with Crippen molar-refractivity contribution in [2.24, 2.45) is 0 Å². The number of nitrogens with one attached hydrogen (secondary N) is 1. The van der Waals surface area contributed by atoms with Crippen LogP contribution in [-0.2, 0) is 4.79 Å². The van der Waals surface area contributed by atoms with E-state index in [1.807, 2.05) is 29.2 Å². The molecule has 30 heavy (non-hydrogen) atoms. The van der Waals surface area contributed by atoms with Crippen LogP contribution in [-0.4, -0.2) is 55.7 Å². The third-order valence-electron chi connectivity index (χ3n) is 4.75. The number of hydrogen-bond donors (Lipinski definition) is 1. The normalized spacial score (nSPS) is 15.0. The maximum Gasteiger partial charge on any atom is 0.573 e. The quantitative estimate of drug-likeness (QED) is 0.723. The number of ether oxygens (including phenoxy) is 1. The summed E-state index contributed by atoms with van der Waals surface area (Å²) in [5.41, 5.74) is 2.11. The Balaban J connectivity index is 1.45. The van der Waals surface area contributed by atoms with Gasteiger partial charge in [-0.1, -0.05) is 0 Å². The number of carbonyl (C=O) groups is 2. The minimum Gasteiger partial charge on any atom is -0.406 e. The van der Waals surface area contributed by atoms with Crippen LogP contribution in [0.25, 0.3) is 0 Å². The molecule has 1 amide bonds. The van der Waals surface area contributed by atoms with Gasteiger partial charge in [0.05, 0.1) is 6.54 Å². The molecule has 1 aliphatic heterocycles. The van der Waals surface area contributed by atoms with E-state index in [0.717, 1.165) is 30.9 Å². The number of amides is 1. The van der Waals surface area contributed by atoms with Gasteiger partial charge in [0.15, 0.2) is 5.78 Å². The Labute approximate surface area is 172 Å². The van der Waals surface area contributed by atoms with Gasteiger partial charge in [-0.3, -0.25) is 14.5 Å². The van der Waals surface area contributed by atoms with Gasteiger partial charge in [-0.25, -0.2) is 0 Å². The fourth-order valence-corrected chi connectivity index (χ4v) is 3.21. The second-order valence-electron chi connectivity index (χ2n) is 6.99. The maximum atomic E-state index is 12.2. The zero-order valence-electron chi connectivity index (χ0n) is 16.4. The van der Waals surface area contributed by atoms with Gasteiger partial charge in [0.1, 0.15) is 5.75 Å². The average Bonchev–Trinajstić information content (AvgIpc) is 2.69. The van der Waals surface area contributed by atoms with Crippen LogP contribution in [0.5, 0.6) is 5.75 Å². The van der Waals surface area contributed by atoms with E-state index < -0.39 is 6.36 Å². The zero-order valence-corrected chi connectivity index (χ0v) is 16.4. The van der Waals surface area contributed by atoms with Crippen LogP contribution in [0.1, 0.15) is 17.3 Å². The summed E-state index contributed by atoms with van der Waals surface area (Å²) < 4.78 is 40.4. The van der Waals surface area contributed by atoms with Crippen LogP contribution < -0.4 is 15.0 Å². The highest BCUT2D eigenvalue weighted by molar-refractivity contribution is 5.94. The Hall–Kier alpha value is -3.07. The lowest BCUT2D eigenvalue weighted by Crippen LogP contribution is -2.48.